The molecule has 1 heterocycles. The number of urea groups is 1. The van der Waals surface area contributed by atoms with Crippen LogP contribution in [0, 0.1) is 18.6 Å². The third-order valence-electron chi connectivity index (χ3n) is 4.42. The van der Waals surface area contributed by atoms with E-state index in [1.54, 1.807) is 0 Å². The Morgan fingerprint density at radius 1 is 1.13 bits per heavy atom. The Labute approximate surface area is 177 Å². The number of hydrogen-bond acceptors (Lipinski definition) is 5. The highest BCUT2D eigenvalue weighted by molar-refractivity contribution is 5.89. The fourth-order valence-corrected chi connectivity index (χ4v) is 2.58. The lowest BCUT2D eigenvalue weighted by Gasteiger charge is -2.17. The fourth-order valence-electron chi connectivity index (χ4n) is 2.58. The number of carbonyl (C=O) groups is 2. The summed E-state index contributed by atoms with van der Waals surface area (Å²) >= 11 is 0. The number of benzene rings is 2. The molecule has 0 spiro atoms. The number of likely N-dealkylation sites (N-methyl/N-ethyl adjacent to an activating group) is 1. The average Bonchev–Trinajstić information content (AvgIpc) is 3.23. The molecule has 3 amide bonds. The van der Waals surface area contributed by atoms with Crippen LogP contribution in [0.15, 0.2) is 47.0 Å². The molecule has 0 aliphatic carbocycles. The van der Waals surface area contributed by atoms with Crippen molar-refractivity contribution in [3.8, 4) is 0 Å². The minimum Gasteiger partial charge on any atom is -0.344 e. The third kappa shape index (κ3) is 6.08. The Kier molecular flexibility index (Phi) is 6.91. The molecule has 3 aromatic rings. The van der Waals surface area contributed by atoms with Gasteiger partial charge in [-0.1, -0.05) is 35.0 Å². The first-order chi connectivity index (χ1) is 14.8. The summed E-state index contributed by atoms with van der Waals surface area (Å²) in [7, 11) is 1.47. The highest BCUT2D eigenvalue weighted by Crippen LogP contribution is 2.15. The van der Waals surface area contributed by atoms with Crippen molar-refractivity contribution >= 4 is 17.6 Å². The van der Waals surface area contributed by atoms with Crippen LogP contribution in [-0.2, 0) is 13.0 Å². The van der Waals surface area contributed by atoms with E-state index in [1.165, 1.54) is 11.9 Å². The van der Waals surface area contributed by atoms with E-state index in [4.69, 9.17) is 4.52 Å². The molecule has 0 saturated carbocycles. The van der Waals surface area contributed by atoms with Crippen molar-refractivity contribution in [1.29, 1.82) is 0 Å². The summed E-state index contributed by atoms with van der Waals surface area (Å²) in [5.74, 6) is -1.87. The second-order valence-electron chi connectivity index (χ2n) is 6.91. The number of halogens is 2. The van der Waals surface area contributed by atoms with E-state index in [2.05, 4.69) is 20.8 Å². The Morgan fingerprint density at radius 3 is 2.61 bits per heavy atom. The quantitative estimate of drug-likeness (QED) is 0.600. The van der Waals surface area contributed by atoms with Gasteiger partial charge in [0.1, 0.15) is 11.6 Å². The van der Waals surface area contributed by atoms with Gasteiger partial charge < -0.3 is 20.1 Å². The third-order valence-corrected chi connectivity index (χ3v) is 4.42. The molecule has 2 aromatic carbocycles. The molecule has 0 aliphatic heterocycles. The van der Waals surface area contributed by atoms with Crippen LogP contribution in [0.25, 0.3) is 0 Å². The van der Waals surface area contributed by atoms with Crippen molar-refractivity contribution in [3.63, 3.8) is 0 Å². The SMILES string of the molecule is Cc1ccc(CNC(=O)c2nc(CCN(C)C(=O)Nc3cc(F)ccc3F)no2)cc1. The summed E-state index contributed by atoms with van der Waals surface area (Å²) in [5, 5.41) is 8.71. The second kappa shape index (κ2) is 9.79. The minimum absolute atomic E-state index is 0.159. The molecule has 10 heteroatoms. The summed E-state index contributed by atoms with van der Waals surface area (Å²) < 4.78 is 31.8. The van der Waals surface area contributed by atoms with Gasteiger partial charge in [0.25, 0.3) is 0 Å². The summed E-state index contributed by atoms with van der Waals surface area (Å²) in [6.07, 6.45) is 0.199. The van der Waals surface area contributed by atoms with E-state index in [-0.39, 0.29) is 30.4 Å². The highest BCUT2D eigenvalue weighted by Gasteiger charge is 2.17. The van der Waals surface area contributed by atoms with E-state index >= 15 is 0 Å². The zero-order valence-corrected chi connectivity index (χ0v) is 17.0. The molecule has 0 bridgehead atoms. The molecule has 2 N–H and O–H groups in total. The van der Waals surface area contributed by atoms with Gasteiger partial charge in [-0.2, -0.15) is 4.98 Å². The lowest BCUT2D eigenvalue weighted by molar-refractivity contribution is 0.0907. The number of carbonyl (C=O) groups excluding carboxylic acids is 2. The number of hydrogen-bond donors (Lipinski definition) is 2. The van der Waals surface area contributed by atoms with E-state index < -0.39 is 23.6 Å². The molecular formula is C21H21F2N5O3. The van der Waals surface area contributed by atoms with Crippen molar-refractivity contribution in [2.24, 2.45) is 0 Å². The van der Waals surface area contributed by atoms with E-state index in [0.29, 0.717) is 6.54 Å². The Bertz CT molecular complexity index is 1070. The predicted molar refractivity (Wildman–Crippen MR) is 108 cm³/mol. The number of aryl methyl sites for hydroxylation is 1. The molecule has 31 heavy (non-hydrogen) atoms. The van der Waals surface area contributed by atoms with Crippen molar-refractivity contribution in [1.82, 2.24) is 20.4 Å². The first kappa shape index (κ1) is 21.9. The van der Waals surface area contributed by atoms with Gasteiger partial charge in [0.2, 0.25) is 0 Å². The fraction of sp³-hybridized carbons (Fsp3) is 0.238. The van der Waals surface area contributed by atoms with Gasteiger partial charge in [0.05, 0.1) is 5.69 Å². The molecule has 0 fully saturated rings. The zero-order chi connectivity index (χ0) is 22.4. The van der Waals surface area contributed by atoms with Crippen LogP contribution in [0.5, 0.6) is 0 Å². The molecule has 0 atom stereocenters. The average molecular weight is 429 g/mol. The number of nitrogens with one attached hydrogen (secondary N) is 2. The summed E-state index contributed by atoms with van der Waals surface area (Å²) in [5.41, 5.74) is 1.79. The van der Waals surface area contributed by atoms with Crippen LogP contribution in [0.2, 0.25) is 0 Å². The topological polar surface area (TPSA) is 100 Å². The summed E-state index contributed by atoms with van der Waals surface area (Å²) in [6, 6.07) is 9.85. The van der Waals surface area contributed by atoms with Crippen LogP contribution in [0.1, 0.15) is 27.6 Å². The van der Waals surface area contributed by atoms with Crippen molar-refractivity contribution in [2.45, 2.75) is 19.9 Å². The van der Waals surface area contributed by atoms with Crippen LogP contribution >= 0.6 is 0 Å². The molecule has 0 aliphatic rings. The van der Waals surface area contributed by atoms with Gasteiger partial charge in [-0.3, -0.25) is 4.79 Å². The number of anilines is 1. The number of rotatable bonds is 7. The number of amides is 3. The second-order valence-corrected chi connectivity index (χ2v) is 6.91. The van der Waals surface area contributed by atoms with Crippen molar-refractivity contribution in [3.05, 3.63) is 76.9 Å². The number of aromatic nitrogens is 2. The molecule has 0 saturated heterocycles. The zero-order valence-electron chi connectivity index (χ0n) is 17.0. The van der Waals surface area contributed by atoms with Gasteiger partial charge in [-0.05, 0) is 24.6 Å². The van der Waals surface area contributed by atoms with Crippen LogP contribution in [-0.4, -0.2) is 40.6 Å². The Balaban J connectivity index is 1.48. The Hall–Kier alpha value is -3.82. The van der Waals surface area contributed by atoms with Gasteiger partial charge in [-0.25, -0.2) is 13.6 Å². The smallest absolute Gasteiger partial charge is 0.321 e. The maximum absolute atomic E-state index is 13.6. The molecule has 0 unspecified atom stereocenters. The lowest BCUT2D eigenvalue weighted by atomic mass is 10.1. The van der Waals surface area contributed by atoms with Gasteiger partial charge in [0.15, 0.2) is 5.82 Å². The molecular weight excluding hydrogens is 408 g/mol. The van der Waals surface area contributed by atoms with E-state index in [9.17, 15) is 18.4 Å². The molecule has 1 aromatic heterocycles. The molecule has 8 nitrogen and oxygen atoms in total. The van der Waals surface area contributed by atoms with E-state index in [1.807, 2.05) is 31.2 Å². The van der Waals surface area contributed by atoms with Crippen LogP contribution in [0.3, 0.4) is 0 Å². The first-order valence-corrected chi connectivity index (χ1v) is 9.45. The van der Waals surface area contributed by atoms with Crippen molar-refractivity contribution in [2.75, 3.05) is 18.9 Å². The molecule has 3 rings (SSSR count). The number of nitrogens with zero attached hydrogens (tertiary/aromatic N) is 3. The largest absolute Gasteiger partial charge is 0.344 e. The van der Waals surface area contributed by atoms with Crippen LogP contribution in [0.4, 0.5) is 19.3 Å². The monoisotopic (exact) mass is 429 g/mol. The van der Waals surface area contributed by atoms with Crippen molar-refractivity contribution < 1.29 is 22.9 Å². The van der Waals surface area contributed by atoms with E-state index in [0.717, 1.165) is 29.3 Å². The van der Waals surface area contributed by atoms with Gasteiger partial charge in [-0.15, -0.1) is 0 Å². The summed E-state index contributed by atoms with van der Waals surface area (Å²) in [6.45, 7) is 2.45. The normalized spacial score (nSPS) is 10.6. The summed E-state index contributed by atoms with van der Waals surface area (Å²) in [4.78, 5) is 29.6. The Morgan fingerprint density at radius 2 is 1.87 bits per heavy atom. The van der Waals surface area contributed by atoms with Gasteiger partial charge >= 0.3 is 17.8 Å². The first-order valence-electron chi connectivity index (χ1n) is 9.45. The maximum Gasteiger partial charge on any atom is 0.321 e. The highest BCUT2D eigenvalue weighted by atomic mass is 19.1. The maximum atomic E-state index is 13.6. The molecule has 162 valence electrons. The minimum atomic E-state index is -0.748. The molecule has 0 radical (unpaired) electrons. The standard InChI is InChI=1S/C21H21F2N5O3/c1-13-3-5-14(6-4-13)12-24-19(29)20-26-18(27-31-20)9-10-28(2)21(30)25-17-11-15(22)7-8-16(17)23/h3-8,11H,9-10,12H2,1-2H3,(H,24,29)(H,25,30). The predicted octanol–water partition coefficient (Wildman–Crippen LogP) is 3.29. The van der Waals surface area contributed by atoms with Gasteiger partial charge in [0, 0.05) is 32.6 Å². The van der Waals surface area contributed by atoms with Crippen LogP contribution < -0.4 is 10.6 Å². The lowest BCUT2D eigenvalue weighted by Crippen LogP contribution is -2.33.